The highest BCUT2D eigenvalue weighted by atomic mass is 32.2. The molecule has 2 aliphatic rings. The third-order valence-corrected chi connectivity index (χ3v) is 6.71. The molecule has 1 amide bonds. The zero-order valence-corrected chi connectivity index (χ0v) is 16.3. The van der Waals surface area contributed by atoms with Crippen LogP contribution in [0.2, 0.25) is 0 Å². The van der Waals surface area contributed by atoms with E-state index >= 15 is 0 Å². The zero-order valence-electron chi connectivity index (χ0n) is 15.5. The first kappa shape index (κ1) is 18.4. The van der Waals surface area contributed by atoms with Crippen LogP contribution in [-0.4, -0.2) is 58.6 Å². The van der Waals surface area contributed by atoms with E-state index in [1.165, 1.54) is 6.26 Å². The van der Waals surface area contributed by atoms with Gasteiger partial charge in [-0.05, 0) is 38.2 Å². The smallest absolute Gasteiger partial charge is 0.252 e. The van der Waals surface area contributed by atoms with Gasteiger partial charge < -0.3 is 9.88 Å². The number of pyridine rings is 1. The molecule has 27 heavy (non-hydrogen) atoms. The van der Waals surface area contributed by atoms with Crippen molar-refractivity contribution >= 4 is 27.1 Å². The monoisotopic (exact) mass is 391 g/mol. The number of hydrogen-bond donors (Lipinski definition) is 1. The van der Waals surface area contributed by atoms with Crippen LogP contribution in [0, 0.1) is 0 Å². The topological polar surface area (TPSA) is 97.2 Å². The standard InChI is InChI=1S/C18H25N5O3S/c1-27(25,26)23-9-3-2-4-15(23)7-8-19-18(24)13-10-16-17(20-11-13)22(12-21-16)14-5-6-14/h10-12,14-15H,2-9H2,1H3,(H,19,24). The summed E-state index contributed by atoms with van der Waals surface area (Å²) >= 11 is 0. The summed E-state index contributed by atoms with van der Waals surface area (Å²) in [7, 11) is -3.20. The Hall–Kier alpha value is -2.00. The maximum atomic E-state index is 12.4. The molecule has 8 nitrogen and oxygen atoms in total. The fraction of sp³-hybridized carbons (Fsp3) is 0.611. The van der Waals surface area contributed by atoms with Crippen molar-refractivity contribution in [3.05, 3.63) is 24.2 Å². The molecule has 146 valence electrons. The molecule has 1 saturated heterocycles. The van der Waals surface area contributed by atoms with Crippen molar-refractivity contribution in [3.63, 3.8) is 0 Å². The largest absolute Gasteiger partial charge is 0.352 e. The second-order valence-electron chi connectivity index (χ2n) is 7.52. The summed E-state index contributed by atoms with van der Waals surface area (Å²) in [6.45, 7) is 1.01. The minimum absolute atomic E-state index is 0.0381. The average molecular weight is 391 g/mol. The maximum Gasteiger partial charge on any atom is 0.252 e. The molecule has 2 aromatic heterocycles. The van der Waals surface area contributed by atoms with Crippen LogP contribution in [0.15, 0.2) is 18.6 Å². The third-order valence-electron chi connectivity index (χ3n) is 5.38. The number of amides is 1. The van der Waals surface area contributed by atoms with Gasteiger partial charge in [0.15, 0.2) is 5.65 Å². The number of rotatable bonds is 6. The van der Waals surface area contributed by atoms with Crippen molar-refractivity contribution in [2.45, 2.75) is 50.6 Å². The summed E-state index contributed by atoms with van der Waals surface area (Å²) in [6.07, 6.45) is 10.3. The summed E-state index contributed by atoms with van der Waals surface area (Å²) in [4.78, 5) is 21.2. The molecule has 2 fully saturated rings. The molecule has 2 aromatic rings. The summed E-state index contributed by atoms with van der Waals surface area (Å²) in [5, 5.41) is 2.89. The Balaban J connectivity index is 1.37. The molecular formula is C18H25N5O3S. The lowest BCUT2D eigenvalue weighted by atomic mass is 10.0. The fourth-order valence-corrected chi connectivity index (χ4v) is 5.03. The Kier molecular flexibility index (Phi) is 4.90. The number of carbonyl (C=O) groups is 1. The molecule has 3 heterocycles. The summed E-state index contributed by atoms with van der Waals surface area (Å²) in [5.41, 5.74) is 2.03. The van der Waals surface area contributed by atoms with E-state index in [9.17, 15) is 13.2 Å². The number of aromatic nitrogens is 3. The van der Waals surface area contributed by atoms with Gasteiger partial charge in [0.2, 0.25) is 10.0 Å². The van der Waals surface area contributed by atoms with Gasteiger partial charge in [0.1, 0.15) is 5.52 Å². The van der Waals surface area contributed by atoms with Crippen LogP contribution in [0.25, 0.3) is 11.2 Å². The van der Waals surface area contributed by atoms with Crippen LogP contribution in [0.1, 0.15) is 54.9 Å². The molecule has 0 radical (unpaired) electrons. The van der Waals surface area contributed by atoms with Gasteiger partial charge in [0.05, 0.1) is 18.1 Å². The van der Waals surface area contributed by atoms with Crippen molar-refractivity contribution in [2.75, 3.05) is 19.3 Å². The Morgan fingerprint density at radius 2 is 2.07 bits per heavy atom. The molecule has 1 saturated carbocycles. The van der Waals surface area contributed by atoms with Gasteiger partial charge in [-0.2, -0.15) is 4.31 Å². The maximum absolute atomic E-state index is 12.4. The van der Waals surface area contributed by atoms with E-state index in [1.54, 1.807) is 22.9 Å². The van der Waals surface area contributed by atoms with Crippen LogP contribution in [0.5, 0.6) is 0 Å². The van der Waals surface area contributed by atoms with Gasteiger partial charge in [-0.1, -0.05) is 6.42 Å². The van der Waals surface area contributed by atoms with E-state index in [4.69, 9.17) is 0 Å². The summed E-state index contributed by atoms with van der Waals surface area (Å²) < 4.78 is 27.5. The fourth-order valence-electron chi connectivity index (χ4n) is 3.82. The second-order valence-corrected chi connectivity index (χ2v) is 9.45. The lowest BCUT2D eigenvalue weighted by Crippen LogP contribution is -2.44. The first-order chi connectivity index (χ1) is 12.9. The van der Waals surface area contributed by atoms with E-state index in [1.807, 2.05) is 0 Å². The van der Waals surface area contributed by atoms with Gasteiger partial charge in [-0.15, -0.1) is 0 Å². The third kappa shape index (κ3) is 3.98. The lowest BCUT2D eigenvalue weighted by Gasteiger charge is -2.33. The number of sulfonamides is 1. The molecule has 0 aromatic carbocycles. The number of hydrogen-bond acceptors (Lipinski definition) is 5. The average Bonchev–Trinajstić information content (AvgIpc) is 3.40. The predicted molar refractivity (Wildman–Crippen MR) is 102 cm³/mol. The SMILES string of the molecule is CS(=O)(=O)N1CCCCC1CCNC(=O)c1cnc2c(c1)ncn2C1CC1. The van der Waals surface area contributed by atoms with Gasteiger partial charge >= 0.3 is 0 Å². The van der Waals surface area contributed by atoms with Crippen LogP contribution < -0.4 is 5.32 Å². The van der Waals surface area contributed by atoms with E-state index in [0.717, 1.165) is 43.3 Å². The highest BCUT2D eigenvalue weighted by Gasteiger charge is 2.29. The Labute approximate surface area is 159 Å². The molecule has 1 atom stereocenters. The number of piperidine rings is 1. The molecule has 9 heteroatoms. The highest BCUT2D eigenvalue weighted by molar-refractivity contribution is 7.88. The number of nitrogens with one attached hydrogen (secondary N) is 1. The number of fused-ring (bicyclic) bond motifs is 1. The predicted octanol–water partition coefficient (Wildman–Crippen LogP) is 1.70. The quantitative estimate of drug-likeness (QED) is 0.808. The van der Waals surface area contributed by atoms with Crippen molar-refractivity contribution in [1.29, 1.82) is 0 Å². The van der Waals surface area contributed by atoms with Gasteiger partial charge in [-0.3, -0.25) is 4.79 Å². The summed E-state index contributed by atoms with van der Waals surface area (Å²) in [6, 6.07) is 2.22. The molecule has 4 rings (SSSR count). The van der Waals surface area contributed by atoms with Crippen LogP contribution in [-0.2, 0) is 10.0 Å². The first-order valence-electron chi connectivity index (χ1n) is 9.51. The van der Waals surface area contributed by atoms with E-state index in [2.05, 4.69) is 19.9 Å². The van der Waals surface area contributed by atoms with Crippen molar-refractivity contribution < 1.29 is 13.2 Å². The molecular weight excluding hydrogens is 366 g/mol. The molecule has 0 bridgehead atoms. The normalized spacial score (nSPS) is 21.4. The van der Waals surface area contributed by atoms with Gasteiger partial charge in [-0.25, -0.2) is 18.4 Å². The van der Waals surface area contributed by atoms with Crippen LogP contribution in [0.3, 0.4) is 0 Å². The lowest BCUT2D eigenvalue weighted by molar-refractivity contribution is 0.0949. The Morgan fingerprint density at radius 1 is 1.26 bits per heavy atom. The minimum atomic E-state index is -3.20. The van der Waals surface area contributed by atoms with E-state index in [0.29, 0.717) is 31.1 Å². The van der Waals surface area contributed by atoms with Crippen LogP contribution >= 0.6 is 0 Å². The Bertz CT molecular complexity index is 951. The van der Waals surface area contributed by atoms with Crippen molar-refractivity contribution in [3.8, 4) is 0 Å². The van der Waals surface area contributed by atoms with E-state index in [-0.39, 0.29) is 11.9 Å². The second kappa shape index (κ2) is 7.20. The highest BCUT2D eigenvalue weighted by Crippen LogP contribution is 2.36. The molecule has 1 N–H and O–H groups in total. The van der Waals surface area contributed by atoms with E-state index < -0.39 is 10.0 Å². The Morgan fingerprint density at radius 3 is 2.81 bits per heavy atom. The number of imidazole rings is 1. The molecule has 1 unspecified atom stereocenters. The molecule has 1 aliphatic heterocycles. The van der Waals surface area contributed by atoms with Gasteiger partial charge in [0, 0.05) is 31.4 Å². The number of carbonyl (C=O) groups excluding carboxylic acids is 1. The summed E-state index contributed by atoms with van der Waals surface area (Å²) in [5.74, 6) is -0.202. The minimum Gasteiger partial charge on any atom is -0.352 e. The van der Waals surface area contributed by atoms with Crippen molar-refractivity contribution in [2.24, 2.45) is 0 Å². The van der Waals surface area contributed by atoms with Crippen LogP contribution in [0.4, 0.5) is 0 Å². The first-order valence-corrected chi connectivity index (χ1v) is 11.4. The van der Waals surface area contributed by atoms with Crippen molar-refractivity contribution in [1.82, 2.24) is 24.2 Å². The number of nitrogens with zero attached hydrogens (tertiary/aromatic N) is 4. The molecule has 1 aliphatic carbocycles. The van der Waals surface area contributed by atoms with Gasteiger partial charge in [0.25, 0.3) is 5.91 Å². The zero-order chi connectivity index (χ0) is 19.0. The molecule has 0 spiro atoms.